The van der Waals surface area contributed by atoms with Crippen LogP contribution in [0.1, 0.15) is 22.8 Å². The fraction of sp³-hybridized carbons (Fsp3) is 0.176. The molecule has 0 aliphatic heterocycles. The number of amides is 1. The monoisotopic (exact) mass is 350 g/mol. The highest BCUT2D eigenvalue weighted by molar-refractivity contribution is 6.30. The number of anilines is 2. The van der Waals surface area contributed by atoms with Crippen molar-refractivity contribution in [1.82, 2.24) is 0 Å². The third-order valence-corrected chi connectivity index (χ3v) is 3.62. The van der Waals surface area contributed by atoms with E-state index in [-0.39, 0.29) is 16.3 Å². The zero-order valence-corrected chi connectivity index (χ0v) is 13.9. The summed E-state index contributed by atoms with van der Waals surface area (Å²) in [7, 11) is 0. The van der Waals surface area contributed by atoms with Gasteiger partial charge in [-0.05, 0) is 43.7 Å². The van der Waals surface area contributed by atoms with E-state index in [9.17, 15) is 14.0 Å². The molecule has 5 nitrogen and oxygen atoms in total. The Bertz CT molecular complexity index is 795. The highest BCUT2D eigenvalue weighted by Crippen LogP contribution is 2.20. The van der Waals surface area contributed by atoms with Crippen molar-refractivity contribution in [3.05, 3.63) is 58.4 Å². The first-order valence-electron chi connectivity index (χ1n) is 7.11. The molecule has 0 fully saturated rings. The van der Waals surface area contributed by atoms with E-state index in [1.54, 1.807) is 19.1 Å². The van der Waals surface area contributed by atoms with Crippen molar-refractivity contribution in [2.45, 2.75) is 20.0 Å². The predicted molar refractivity (Wildman–Crippen MR) is 90.5 cm³/mol. The first kappa shape index (κ1) is 17.7. The molecule has 0 saturated heterocycles. The summed E-state index contributed by atoms with van der Waals surface area (Å²) in [5.74, 6) is -2.08. The Morgan fingerprint density at radius 2 is 2.00 bits per heavy atom. The minimum atomic E-state index is -1.13. The first-order chi connectivity index (χ1) is 11.3. The van der Waals surface area contributed by atoms with Crippen LogP contribution in [0.5, 0.6) is 0 Å². The lowest BCUT2D eigenvalue weighted by atomic mass is 10.1. The molecule has 0 radical (unpaired) electrons. The van der Waals surface area contributed by atoms with Gasteiger partial charge in [-0.15, -0.1) is 0 Å². The molecular weight excluding hydrogens is 335 g/mol. The Balaban J connectivity index is 2.06. The van der Waals surface area contributed by atoms with Crippen LogP contribution >= 0.6 is 11.6 Å². The fourth-order valence-corrected chi connectivity index (χ4v) is 2.12. The second kappa shape index (κ2) is 7.31. The number of aryl methyl sites for hydroxylation is 1. The number of carbonyl (C=O) groups excluding carboxylic acids is 2. The number of hydrogen-bond acceptors (Lipinski definition) is 4. The summed E-state index contributed by atoms with van der Waals surface area (Å²) in [6.07, 6.45) is -1.13. The van der Waals surface area contributed by atoms with Gasteiger partial charge in [-0.1, -0.05) is 23.7 Å². The molecule has 0 aliphatic carbocycles. The minimum Gasteiger partial charge on any atom is -0.449 e. The third kappa shape index (κ3) is 4.02. The van der Waals surface area contributed by atoms with Crippen LogP contribution in [0.4, 0.5) is 15.8 Å². The smallest absolute Gasteiger partial charge is 0.341 e. The van der Waals surface area contributed by atoms with Crippen molar-refractivity contribution in [1.29, 1.82) is 0 Å². The molecule has 1 atom stereocenters. The molecular formula is C17H16ClFN2O3. The summed E-state index contributed by atoms with van der Waals surface area (Å²) in [6.45, 7) is 3.14. The molecule has 0 aliphatic rings. The van der Waals surface area contributed by atoms with Gasteiger partial charge in [0.25, 0.3) is 5.91 Å². The second-order valence-corrected chi connectivity index (χ2v) is 5.63. The summed E-state index contributed by atoms with van der Waals surface area (Å²) in [6, 6.07) is 8.75. The summed E-state index contributed by atoms with van der Waals surface area (Å²) in [5.41, 5.74) is 6.97. The van der Waals surface area contributed by atoms with E-state index in [1.165, 1.54) is 25.1 Å². The highest BCUT2D eigenvalue weighted by Gasteiger charge is 2.21. The van der Waals surface area contributed by atoms with Crippen molar-refractivity contribution in [2.24, 2.45) is 0 Å². The Morgan fingerprint density at radius 1 is 1.29 bits per heavy atom. The van der Waals surface area contributed by atoms with Crippen molar-refractivity contribution < 1.29 is 18.7 Å². The number of hydrogen-bond donors (Lipinski definition) is 2. The van der Waals surface area contributed by atoms with E-state index in [1.807, 2.05) is 0 Å². The number of esters is 1. The Kier molecular flexibility index (Phi) is 5.41. The van der Waals surface area contributed by atoms with E-state index < -0.39 is 23.8 Å². The highest BCUT2D eigenvalue weighted by atomic mass is 35.5. The van der Waals surface area contributed by atoms with Gasteiger partial charge in [0, 0.05) is 10.7 Å². The molecule has 7 heteroatoms. The number of nitrogens with one attached hydrogen (secondary N) is 1. The normalized spacial score (nSPS) is 11.7. The first-order valence-corrected chi connectivity index (χ1v) is 7.49. The molecule has 24 heavy (non-hydrogen) atoms. The van der Waals surface area contributed by atoms with E-state index in [0.29, 0.717) is 5.69 Å². The second-order valence-electron chi connectivity index (χ2n) is 5.20. The van der Waals surface area contributed by atoms with Crippen molar-refractivity contribution in [2.75, 3.05) is 11.1 Å². The number of nitrogens with two attached hydrogens (primary N) is 1. The van der Waals surface area contributed by atoms with Crippen LogP contribution in [-0.2, 0) is 9.53 Å². The van der Waals surface area contributed by atoms with Crippen molar-refractivity contribution in [3.63, 3.8) is 0 Å². The van der Waals surface area contributed by atoms with Gasteiger partial charge in [-0.2, -0.15) is 0 Å². The van der Waals surface area contributed by atoms with Gasteiger partial charge in [0.05, 0.1) is 11.3 Å². The maximum absolute atomic E-state index is 13.7. The van der Waals surface area contributed by atoms with Gasteiger partial charge in [0.1, 0.15) is 5.82 Å². The number of halogens is 2. The summed E-state index contributed by atoms with van der Waals surface area (Å²) in [5, 5.41) is 2.55. The van der Waals surface area contributed by atoms with Gasteiger partial charge in [-0.3, -0.25) is 4.79 Å². The van der Waals surface area contributed by atoms with E-state index in [2.05, 4.69) is 5.32 Å². The largest absolute Gasteiger partial charge is 0.449 e. The molecule has 3 N–H and O–H groups in total. The SMILES string of the molecule is Cc1cccc(C(=O)O[C@@H](C)C(=O)Nc2ccc(Cl)cc2F)c1N. The van der Waals surface area contributed by atoms with Crippen LogP contribution in [0, 0.1) is 12.7 Å². The molecule has 0 heterocycles. The van der Waals surface area contributed by atoms with Gasteiger partial charge in [0.2, 0.25) is 0 Å². The lowest BCUT2D eigenvalue weighted by molar-refractivity contribution is -0.123. The van der Waals surface area contributed by atoms with Crippen LogP contribution in [0.15, 0.2) is 36.4 Å². The topological polar surface area (TPSA) is 81.4 Å². The molecule has 2 rings (SSSR count). The van der Waals surface area contributed by atoms with E-state index in [4.69, 9.17) is 22.1 Å². The fourth-order valence-electron chi connectivity index (χ4n) is 1.96. The Morgan fingerprint density at radius 3 is 2.67 bits per heavy atom. The number of rotatable bonds is 4. The van der Waals surface area contributed by atoms with Crippen molar-refractivity contribution in [3.8, 4) is 0 Å². The molecule has 126 valence electrons. The number of para-hydroxylation sites is 1. The van der Waals surface area contributed by atoms with Gasteiger partial charge < -0.3 is 15.8 Å². The number of nitrogen functional groups attached to an aromatic ring is 1. The van der Waals surface area contributed by atoms with E-state index in [0.717, 1.165) is 11.6 Å². The quantitative estimate of drug-likeness (QED) is 0.652. The molecule has 2 aromatic carbocycles. The Hall–Kier alpha value is -2.60. The predicted octanol–water partition coefficient (Wildman–Crippen LogP) is 3.55. The van der Waals surface area contributed by atoms with Crippen LogP contribution in [0.2, 0.25) is 5.02 Å². The maximum Gasteiger partial charge on any atom is 0.341 e. The van der Waals surface area contributed by atoms with E-state index >= 15 is 0 Å². The van der Waals surface area contributed by atoms with Crippen LogP contribution in [0.25, 0.3) is 0 Å². The zero-order chi connectivity index (χ0) is 17.9. The molecule has 0 bridgehead atoms. The average molecular weight is 351 g/mol. The number of ether oxygens (including phenoxy) is 1. The van der Waals surface area contributed by atoms with Crippen LogP contribution < -0.4 is 11.1 Å². The van der Waals surface area contributed by atoms with Gasteiger partial charge >= 0.3 is 5.97 Å². The van der Waals surface area contributed by atoms with Crippen LogP contribution in [0.3, 0.4) is 0 Å². The maximum atomic E-state index is 13.7. The molecule has 1 amide bonds. The molecule has 0 aromatic heterocycles. The summed E-state index contributed by atoms with van der Waals surface area (Å²) >= 11 is 5.65. The standard InChI is InChI=1S/C17H16ClFN2O3/c1-9-4-3-5-12(15(9)20)17(23)24-10(2)16(22)21-14-7-6-11(18)8-13(14)19/h3-8,10H,20H2,1-2H3,(H,21,22)/t10-/m0/s1. The van der Waals surface area contributed by atoms with Gasteiger partial charge in [0.15, 0.2) is 6.10 Å². The lowest BCUT2D eigenvalue weighted by Gasteiger charge is -2.15. The lowest BCUT2D eigenvalue weighted by Crippen LogP contribution is -2.30. The molecule has 0 spiro atoms. The van der Waals surface area contributed by atoms with Crippen molar-refractivity contribution >= 4 is 34.9 Å². The minimum absolute atomic E-state index is 0.0534. The summed E-state index contributed by atoms with van der Waals surface area (Å²) in [4.78, 5) is 24.2. The Labute approximate surface area is 143 Å². The molecule has 2 aromatic rings. The molecule has 0 saturated carbocycles. The number of benzene rings is 2. The third-order valence-electron chi connectivity index (χ3n) is 3.39. The number of carbonyl (C=O) groups is 2. The van der Waals surface area contributed by atoms with Crippen LogP contribution in [-0.4, -0.2) is 18.0 Å². The summed E-state index contributed by atoms with van der Waals surface area (Å²) < 4.78 is 18.8. The molecule has 0 unspecified atom stereocenters. The zero-order valence-electron chi connectivity index (χ0n) is 13.1. The average Bonchev–Trinajstić information content (AvgIpc) is 2.52. The van der Waals surface area contributed by atoms with Gasteiger partial charge in [-0.25, -0.2) is 9.18 Å².